The van der Waals surface area contributed by atoms with E-state index in [1.807, 2.05) is 0 Å². The number of amides is 1. The van der Waals surface area contributed by atoms with Gasteiger partial charge in [-0.25, -0.2) is 13.2 Å². The van der Waals surface area contributed by atoms with Crippen molar-refractivity contribution in [1.29, 1.82) is 0 Å². The number of hydrogen-bond donors (Lipinski definition) is 2. The van der Waals surface area contributed by atoms with E-state index in [-0.39, 0.29) is 21.6 Å². The van der Waals surface area contributed by atoms with E-state index in [0.717, 1.165) is 22.5 Å². The van der Waals surface area contributed by atoms with E-state index in [0.29, 0.717) is 18.8 Å². The summed E-state index contributed by atoms with van der Waals surface area (Å²) >= 11 is 8.16. The maximum absolute atomic E-state index is 12.7. The Morgan fingerprint density at radius 1 is 1.19 bits per heavy atom. The third-order valence-electron chi connectivity index (χ3n) is 4.45. The van der Waals surface area contributed by atoms with Crippen molar-refractivity contribution in [3.05, 3.63) is 56.6 Å². The lowest BCUT2D eigenvalue weighted by molar-refractivity contribution is -0.124. The summed E-state index contributed by atoms with van der Waals surface area (Å²) in [5.41, 5.74) is 0.224. The van der Waals surface area contributed by atoms with Gasteiger partial charge in [-0.15, -0.1) is 0 Å². The lowest BCUT2D eigenvalue weighted by Crippen LogP contribution is -2.34. The van der Waals surface area contributed by atoms with Gasteiger partial charge in [0.15, 0.2) is 6.61 Å². The molecule has 1 heterocycles. The molecule has 1 unspecified atom stereocenters. The SMILES string of the molecule is O=C(COC(=O)c1cc(S(=O)(=O)Nc2ccc(I)cc2)ccc1Cl)NCC1CCCO1. The van der Waals surface area contributed by atoms with Crippen LogP contribution in [0, 0.1) is 3.57 Å². The minimum absolute atomic E-state index is 0.0120. The fourth-order valence-corrected chi connectivity index (χ4v) is 4.49. The second-order valence-corrected chi connectivity index (χ2v) is 10.1. The summed E-state index contributed by atoms with van der Waals surface area (Å²) < 4.78 is 39.1. The van der Waals surface area contributed by atoms with Crippen LogP contribution in [0.3, 0.4) is 0 Å². The number of hydrogen-bond acceptors (Lipinski definition) is 6. The highest BCUT2D eigenvalue weighted by molar-refractivity contribution is 14.1. The summed E-state index contributed by atoms with van der Waals surface area (Å²) in [6.07, 6.45) is 1.79. The molecule has 1 aliphatic rings. The molecule has 1 aliphatic heterocycles. The smallest absolute Gasteiger partial charge is 0.340 e. The molecule has 0 aliphatic carbocycles. The molecule has 2 aromatic rings. The average molecular weight is 579 g/mol. The van der Waals surface area contributed by atoms with Crippen molar-refractivity contribution in [3.8, 4) is 0 Å². The highest BCUT2D eigenvalue weighted by Gasteiger charge is 2.21. The standard InChI is InChI=1S/C20H20ClIN2O6S/c21-18-8-7-16(31(27,28)24-14-5-3-13(22)4-6-14)10-17(18)20(26)30-12-19(25)23-11-15-2-1-9-29-15/h3-8,10,15,24H,1-2,9,11-12H2,(H,23,25). The number of benzene rings is 2. The molecule has 31 heavy (non-hydrogen) atoms. The largest absolute Gasteiger partial charge is 0.452 e. The van der Waals surface area contributed by atoms with Crippen LogP contribution < -0.4 is 10.0 Å². The molecule has 2 aromatic carbocycles. The monoisotopic (exact) mass is 578 g/mol. The second-order valence-electron chi connectivity index (χ2n) is 6.77. The van der Waals surface area contributed by atoms with Gasteiger partial charge in [0.05, 0.1) is 21.6 Å². The summed E-state index contributed by atoms with van der Waals surface area (Å²) in [7, 11) is -3.96. The molecule has 1 saturated heterocycles. The van der Waals surface area contributed by atoms with Crippen molar-refractivity contribution < 1.29 is 27.5 Å². The Bertz CT molecular complexity index is 1060. The number of sulfonamides is 1. The van der Waals surface area contributed by atoms with E-state index < -0.39 is 28.5 Å². The van der Waals surface area contributed by atoms with E-state index in [1.165, 1.54) is 12.1 Å². The first-order valence-electron chi connectivity index (χ1n) is 9.38. The van der Waals surface area contributed by atoms with Gasteiger partial charge in [0, 0.05) is 22.4 Å². The van der Waals surface area contributed by atoms with Crippen LogP contribution in [0.25, 0.3) is 0 Å². The fourth-order valence-electron chi connectivity index (χ4n) is 2.85. The zero-order valence-corrected chi connectivity index (χ0v) is 20.0. The van der Waals surface area contributed by atoms with Crippen molar-refractivity contribution in [2.75, 3.05) is 24.5 Å². The zero-order chi connectivity index (χ0) is 22.4. The molecular formula is C20H20ClIN2O6S. The number of carbonyl (C=O) groups is 2. The van der Waals surface area contributed by atoms with Crippen LogP contribution >= 0.6 is 34.2 Å². The molecule has 1 amide bonds. The van der Waals surface area contributed by atoms with Crippen LogP contribution in [-0.4, -0.2) is 46.2 Å². The normalized spacial score (nSPS) is 16.0. The first kappa shape index (κ1) is 23.8. The van der Waals surface area contributed by atoms with Crippen LogP contribution in [0.2, 0.25) is 5.02 Å². The molecule has 166 valence electrons. The number of anilines is 1. The Kier molecular flexibility index (Phi) is 8.14. The van der Waals surface area contributed by atoms with Gasteiger partial charge in [0.1, 0.15) is 0 Å². The molecular weight excluding hydrogens is 559 g/mol. The summed E-state index contributed by atoms with van der Waals surface area (Å²) in [6, 6.07) is 10.4. The highest BCUT2D eigenvalue weighted by atomic mass is 127. The van der Waals surface area contributed by atoms with Crippen LogP contribution in [0.4, 0.5) is 5.69 Å². The van der Waals surface area contributed by atoms with Crippen LogP contribution in [-0.2, 0) is 24.3 Å². The third kappa shape index (κ3) is 6.79. The topological polar surface area (TPSA) is 111 Å². The van der Waals surface area contributed by atoms with Crippen molar-refractivity contribution >= 4 is 61.8 Å². The molecule has 1 fully saturated rings. The summed E-state index contributed by atoms with van der Waals surface area (Å²) in [6.45, 7) is 0.501. The average Bonchev–Trinajstić information content (AvgIpc) is 3.26. The van der Waals surface area contributed by atoms with Gasteiger partial charge < -0.3 is 14.8 Å². The Morgan fingerprint density at radius 2 is 1.94 bits per heavy atom. The van der Waals surface area contributed by atoms with E-state index in [9.17, 15) is 18.0 Å². The lowest BCUT2D eigenvalue weighted by atomic mass is 10.2. The first-order chi connectivity index (χ1) is 14.7. The highest BCUT2D eigenvalue weighted by Crippen LogP contribution is 2.23. The predicted octanol–water partition coefficient (Wildman–Crippen LogP) is 3.20. The Hall–Kier alpha value is -1.89. The van der Waals surface area contributed by atoms with E-state index in [2.05, 4.69) is 32.6 Å². The summed E-state index contributed by atoms with van der Waals surface area (Å²) in [5.74, 6) is -1.38. The third-order valence-corrected chi connectivity index (χ3v) is 6.88. The Balaban J connectivity index is 1.63. The van der Waals surface area contributed by atoms with Gasteiger partial charge in [-0.3, -0.25) is 9.52 Å². The second kappa shape index (κ2) is 10.6. The molecule has 3 rings (SSSR count). The maximum Gasteiger partial charge on any atom is 0.340 e. The van der Waals surface area contributed by atoms with Crippen molar-refractivity contribution in [3.63, 3.8) is 0 Å². The number of rotatable bonds is 8. The van der Waals surface area contributed by atoms with Gasteiger partial charge in [-0.2, -0.15) is 0 Å². The minimum Gasteiger partial charge on any atom is -0.452 e. The quantitative estimate of drug-likeness (QED) is 0.368. The zero-order valence-electron chi connectivity index (χ0n) is 16.3. The predicted molar refractivity (Wildman–Crippen MR) is 124 cm³/mol. The van der Waals surface area contributed by atoms with E-state index >= 15 is 0 Å². The Morgan fingerprint density at radius 3 is 2.61 bits per heavy atom. The van der Waals surface area contributed by atoms with Crippen LogP contribution in [0.5, 0.6) is 0 Å². The van der Waals surface area contributed by atoms with Gasteiger partial charge in [-0.05, 0) is 77.9 Å². The maximum atomic E-state index is 12.7. The van der Waals surface area contributed by atoms with Crippen molar-refractivity contribution in [2.24, 2.45) is 0 Å². The van der Waals surface area contributed by atoms with E-state index in [4.69, 9.17) is 21.1 Å². The number of nitrogens with one attached hydrogen (secondary N) is 2. The Labute approximate surface area is 198 Å². The van der Waals surface area contributed by atoms with Crippen LogP contribution in [0.1, 0.15) is 23.2 Å². The van der Waals surface area contributed by atoms with Gasteiger partial charge in [0.25, 0.3) is 15.9 Å². The molecule has 0 spiro atoms. The van der Waals surface area contributed by atoms with Crippen molar-refractivity contribution in [2.45, 2.75) is 23.8 Å². The number of carbonyl (C=O) groups excluding carboxylic acids is 2. The van der Waals surface area contributed by atoms with E-state index in [1.54, 1.807) is 24.3 Å². The van der Waals surface area contributed by atoms with Gasteiger partial charge in [-0.1, -0.05) is 11.6 Å². The molecule has 0 saturated carbocycles. The fraction of sp³-hybridized carbons (Fsp3) is 0.300. The number of ether oxygens (including phenoxy) is 2. The van der Waals surface area contributed by atoms with Crippen LogP contribution in [0.15, 0.2) is 47.4 Å². The molecule has 0 aromatic heterocycles. The molecule has 11 heteroatoms. The minimum atomic E-state index is -3.96. The van der Waals surface area contributed by atoms with Gasteiger partial charge >= 0.3 is 5.97 Å². The molecule has 8 nitrogen and oxygen atoms in total. The number of esters is 1. The first-order valence-corrected chi connectivity index (χ1v) is 12.3. The van der Waals surface area contributed by atoms with Gasteiger partial charge in [0.2, 0.25) is 0 Å². The molecule has 0 bridgehead atoms. The summed E-state index contributed by atoms with van der Waals surface area (Å²) in [5, 5.41) is 2.64. The molecule has 2 N–H and O–H groups in total. The lowest BCUT2D eigenvalue weighted by Gasteiger charge is -2.12. The number of halogens is 2. The molecule has 0 radical (unpaired) electrons. The molecule has 1 atom stereocenters. The van der Waals surface area contributed by atoms with Crippen molar-refractivity contribution in [1.82, 2.24) is 5.32 Å². The summed E-state index contributed by atoms with van der Waals surface area (Å²) in [4.78, 5) is 24.1.